The number of amides is 1. The number of carbonyl (C=O) groups is 2. The molecule has 1 amide bonds. The van der Waals surface area contributed by atoms with Gasteiger partial charge in [0, 0.05) is 40.7 Å². The van der Waals surface area contributed by atoms with Crippen molar-refractivity contribution in [2.24, 2.45) is 0 Å². The van der Waals surface area contributed by atoms with Crippen LogP contribution in [0, 0.1) is 6.92 Å². The number of unbranched alkanes of at least 4 members (excludes halogenated alkanes) is 1. The van der Waals surface area contributed by atoms with E-state index in [4.69, 9.17) is 37.8 Å². The molecule has 0 bridgehead atoms. The summed E-state index contributed by atoms with van der Waals surface area (Å²) in [5, 5.41) is 10.1. The van der Waals surface area contributed by atoms with Crippen LogP contribution in [-0.4, -0.2) is 49.2 Å². The minimum Gasteiger partial charge on any atom is -0.496 e. The standard InChI is InChI=1S/C24H29Cl2NO5/c1-16-21(31-2)13-18(14-22(16)32-3)24(30)27(11-5-4-8-23(28)29)12-6-7-17-9-10-19(25)15-20(17)26/h9-10,13-15H,4-8,11-12H2,1-3H3,(H,28,29). The number of benzene rings is 2. The molecule has 0 spiro atoms. The van der Waals surface area contributed by atoms with E-state index >= 15 is 0 Å². The molecule has 0 atom stereocenters. The molecule has 32 heavy (non-hydrogen) atoms. The van der Waals surface area contributed by atoms with E-state index < -0.39 is 5.97 Å². The normalized spacial score (nSPS) is 10.7. The maximum absolute atomic E-state index is 13.3. The number of carboxylic acid groups (broad SMARTS) is 1. The van der Waals surface area contributed by atoms with Crippen LogP contribution in [0.2, 0.25) is 10.0 Å². The van der Waals surface area contributed by atoms with Gasteiger partial charge in [0.2, 0.25) is 0 Å². The van der Waals surface area contributed by atoms with E-state index in [1.54, 1.807) is 43.4 Å². The molecular weight excluding hydrogens is 453 g/mol. The first-order valence-corrected chi connectivity index (χ1v) is 11.2. The molecule has 0 aromatic heterocycles. The van der Waals surface area contributed by atoms with E-state index in [1.165, 1.54) is 0 Å². The summed E-state index contributed by atoms with van der Waals surface area (Å²) in [6.07, 6.45) is 2.57. The van der Waals surface area contributed by atoms with Gasteiger partial charge in [-0.05, 0) is 62.4 Å². The van der Waals surface area contributed by atoms with Crippen molar-refractivity contribution in [3.05, 3.63) is 57.1 Å². The number of methoxy groups -OCH3 is 2. The zero-order valence-corrected chi connectivity index (χ0v) is 20.1. The third-order valence-corrected chi connectivity index (χ3v) is 5.83. The number of aryl methyl sites for hydroxylation is 1. The number of carbonyl (C=O) groups excluding carboxylic acids is 1. The molecule has 8 heteroatoms. The molecule has 0 unspecified atom stereocenters. The van der Waals surface area contributed by atoms with Crippen molar-refractivity contribution in [2.45, 2.75) is 39.0 Å². The summed E-state index contributed by atoms with van der Waals surface area (Å²) < 4.78 is 10.8. The fourth-order valence-electron chi connectivity index (χ4n) is 3.47. The topological polar surface area (TPSA) is 76.1 Å². The van der Waals surface area contributed by atoms with Crippen LogP contribution in [0.5, 0.6) is 11.5 Å². The lowest BCUT2D eigenvalue weighted by Crippen LogP contribution is -2.33. The fraction of sp³-hybridized carbons (Fsp3) is 0.417. The van der Waals surface area contributed by atoms with Crippen molar-refractivity contribution in [3.63, 3.8) is 0 Å². The molecule has 0 heterocycles. The second kappa shape index (κ2) is 12.6. The van der Waals surface area contributed by atoms with E-state index in [9.17, 15) is 9.59 Å². The Morgan fingerprint density at radius 3 is 2.16 bits per heavy atom. The first-order chi connectivity index (χ1) is 15.3. The number of hydrogen-bond acceptors (Lipinski definition) is 4. The third kappa shape index (κ3) is 7.31. The van der Waals surface area contributed by atoms with Gasteiger partial charge in [-0.15, -0.1) is 0 Å². The zero-order valence-electron chi connectivity index (χ0n) is 18.6. The largest absolute Gasteiger partial charge is 0.496 e. The highest BCUT2D eigenvalue weighted by Crippen LogP contribution is 2.30. The molecule has 2 aromatic carbocycles. The maximum atomic E-state index is 13.3. The number of aliphatic carboxylic acids is 1. The lowest BCUT2D eigenvalue weighted by molar-refractivity contribution is -0.137. The Hall–Kier alpha value is -2.44. The van der Waals surface area contributed by atoms with E-state index in [0.717, 1.165) is 11.1 Å². The first kappa shape index (κ1) is 25.8. The monoisotopic (exact) mass is 481 g/mol. The molecule has 2 aromatic rings. The summed E-state index contributed by atoms with van der Waals surface area (Å²) in [7, 11) is 3.10. The second-order valence-electron chi connectivity index (χ2n) is 7.49. The summed E-state index contributed by atoms with van der Waals surface area (Å²) in [5.74, 6) is 0.158. The van der Waals surface area contributed by atoms with Crippen LogP contribution < -0.4 is 9.47 Å². The predicted molar refractivity (Wildman–Crippen MR) is 126 cm³/mol. The van der Waals surface area contributed by atoms with Crippen molar-refractivity contribution in [1.29, 1.82) is 0 Å². The van der Waals surface area contributed by atoms with Gasteiger partial charge in [-0.3, -0.25) is 9.59 Å². The number of hydrogen-bond donors (Lipinski definition) is 1. The molecule has 0 saturated heterocycles. The lowest BCUT2D eigenvalue weighted by atomic mass is 10.1. The van der Waals surface area contributed by atoms with Crippen molar-refractivity contribution in [1.82, 2.24) is 4.90 Å². The Balaban J connectivity index is 2.16. The maximum Gasteiger partial charge on any atom is 0.303 e. The van der Waals surface area contributed by atoms with Crippen molar-refractivity contribution in [2.75, 3.05) is 27.3 Å². The number of nitrogens with zero attached hydrogens (tertiary/aromatic N) is 1. The Kier molecular flexibility index (Phi) is 10.1. The minimum atomic E-state index is -0.840. The highest BCUT2D eigenvalue weighted by molar-refractivity contribution is 6.35. The Morgan fingerprint density at radius 2 is 1.59 bits per heavy atom. The van der Waals surface area contributed by atoms with Gasteiger partial charge >= 0.3 is 5.97 Å². The summed E-state index contributed by atoms with van der Waals surface area (Å²) in [6, 6.07) is 8.81. The first-order valence-electron chi connectivity index (χ1n) is 10.4. The highest BCUT2D eigenvalue weighted by atomic mass is 35.5. The van der Waals surface area contributed by atoms with E-state index in [2.05, 4.69) is 0 Å². The molecule has 0 aliphatic carbocycles. The van der Waals surface area contributed by atoms with Crippen LogP contribution in [0.25, 0.3) is 0 Å². The molecule has 0 saturated carbocycles. The molecule has 2 rings (SSSR count). The van der Waals surface area contributed by atoms with E-state index in [-0.39, 0.29) is 12.3 Å². The summed E-state index contributed by atoms with van der Waals surface area (Å²) in [4.78, 5) is 25.9. The SMILES string of the molecule is COc1cc(C(=O)N(CCCCC(=O)O)CCCc2ccc(Cl)cc2Cl)cc(OC)c1C. The molecule has 6 nitrogen and oxygen atoms in total. The van der Waals surface area contributed by atoms with Crippen molar-refractivity contribution >= 4 is 35.1 Å². The van der Waals surface area contributed by atoms with Crippen LogP contribution in [-0.2, 0) is 11.2 Å². The van der Waals surface area contributed by atoms with Crippen LogP contribution >= 0.6 is 23.2 Å². The van der Waals surface area contributed by atoms with Gasteiger partial charge in [0.1, 0.15) is 11.5 Å². The Morgan fingerprint density at radius 1 is 0.969 bits per heavy atom. The number of carboxylic acids is 1. The van der Waals surface area contributed by atoms with Crippen LogP contribution in [0.15, 0.2) is 30.3 Å². The van der Waals surface area contributed by atoms with Gasteiger partial charge in [0.15, 0.2) is 0 Å². The number of ether oxygens (including phenoxy) is 2. The van der Waals surface area contributed by atoms with Gasteiger partial charge in [0.25, 0.3) is 5.91 Å². The van der Waals surface area contributed by atoms with Crippen molar-refractivity contribution in [3.8, 4) is 11.5 Å². The highest BCUT2D eigenvalue weighted by Gasteiger charge is 2.19. The van der Waals surface area contributed by atoms with Crippen LogP contribution in [0.4, 0.5) is 0 Å². The van der Waals surface area contributed by atoms with Gasteiger partial charge in [-0.25, -0.2) is 0 Å². The fourth-order valence-corrected chi connectivity index (χ4v) is 3.97. The average Bonchev–Trinajstić information content (AvgIpc) is 2.76. The van der Waals surface area contributed by atoms with E-state index in [0.29, 0.717) is 65.9 Å². The minimum absolute atomic E-state index is 0.0780. The summed E-state index contributed by atoms with van der Waals surface area (Å²) in [5.41, 5.74) is 2.25. The van der Waals surface area contributed by atoms with Crippen LogP contribution in [0.3, 0.4) is 0 Å². The summed E-state index contributed by atoms with van der Waals surface area (Å²) >= 11 is 12.2. The molecule has 0 radical (unpaired) electrons. The number of rotatable bonds is 12. The number of halogens is 2. The predicted octanol–water partition coefficient (Wildman–Crippen LogP) is 5.65. The van der Waals surface area contributed by atoms with Gasteiger partial charge in [0.05, 0.1) is 14.2 Å². The van der Waals surface area contributed by atoms with Gasteiger partial charge in [-0.2, -0.15) is 0 Å². The second-order valence-corrected chi connectivity index (χ2v) is 8.33. The Bertz CT molecular complexity index is 923. The zero-order chi connectivity index (χ0) is 23.7. The van der Waals surface area contributed by atoms with E-state index in [1.807, 2.05) is 13.0 Å². The molecule has 0 aliphatic rings. The lowest BCUT2D eigenvalue weighted by Gasteiger charge is -2.24. The molecule has 174 valence electrons. The van der Waals surface area contributed by atoms with Gasteiger partial charge in [-0.1, -0.05) is 29.3 Å². The van der Waals surface area contributed by atoms with Gasteiger partial charge < -0.3 is 19.5 Å². The summed E-state index contributed by atoms with van der Waals surface area (Å²) in [6.45, 7) is 2.83. The molecule has 1 N–H and O–H groups in total. The Labute approximate surface area is 199 Å². The molecule has 0 aliphatic heterocycles. The quantitative estimate of drug-likeness (QED) is 0.396. The third-order valence-electron chi connectivity index (χ3n) is 5.24. The molecular formula is C24H29Cl2NO5. The molecule has 0 fully saturated rings. The smallest absolute Gasteiger partial charge is 0.303 e. The van der Waals surface area contributed by atoms with Crippen molar-refractivity contribution < 1.29 is 24.2 Å². The van der Waals surface area contributed by atoms with Crippen LogP contribution in [0.1, 0.15) is 47.2 Å². The average molecular weight is 482 g/mol.